The van der Waals surface area contributed by atoms with Crippen molar-refractivity contribution < 1.29 is 4.79 Å². The first-order valence-corrected chi connectivity index (χ1v) is 6.76. The van der Waals surface area contributed by atoms with Crippen LogP contribution in [0.3, 0.4) is 0 Å². The van der Waals surface area contributed by atoms with E-state index < -0.39 is 0 Å². The summed E-state index contributed by atoms with van der Waals surface area (Å²) in [6.45, 7) is 4.32. The van der Waals surface area contributed by atoms with E-state index in [1.165, 1.54) is 16.2 Å². The maximum atomic E-state index is 11.3. The van der Waals surface area contributed by atoms with E-state index in [0.29, 0.717) is 11.0 Å². The minimum Gasteiger partial charge on any atom is -0.341 e. The van der Waals surface area contributed by atoms with E-state index in [2.05, 4.69) is 29.4 Å². The topological polar surface area (TPSA) is 58.1 Å². The van der Waals surface area contributed by atoms with Crippen LogP contribution in [0.4, 0.5) is 9.93 Å². The van der Waals surface area contributed by atoms with E-state index in [1.54, 1.807) is 25.9 Å². The second kappa shape index (κ2) is 6.05. The molecule has 90 valence electrons. The summed E-state index contributed by atoms with van der Waals surface area (Å²) in [5, 5.41) is 11.2. The van der Waals surface area contributed by atoms with Crippen LogP contribution in [-0.2, 0) is 0 Å². The van der Waals surface area contributed by atoms with Gasteiger partial charge in [0.25, 0.3) is 0 Å². The Labute approximate surface area is 104 Å². The summed E-state index contributed by atoms with van der Waals surface area (Å²) in [5.41, 5.74) is 0. The molecule has 0 atom stereocenters. The Morgan fingerprint density at radius 3 is 2.81 bits per heavy atom. The van der Waals surface area contributed by atoms with Crippen molar-refractivity contribution in [1.29, 1.82) is 0 Å². The highest BCUT2D eigenvalue weighted by atomic mass is 32.2. The fraction of sp³-hybridized carbons (Fsp3) is 0.667. The molecule has 16 heavy (non-hydrogen) atoms. The molecule has 5 nitrogen and oxygen atoms in total. The van der Waals surface area contributed by atoms with Crippen LogP contribution in [-0.4, -0.2) is 36.1 Å². The normalized spacial score (nSPS) is 10.6. The summed E-state index contributed by atoms with van der Waals surface area (Å²) in [4.78, 5) is 12.8. The molecule has 0 unspecified atom stereocenters. The maximum Gasteiger partial charge on any atom is 0.323 e. The molecule has 0 aliphatic heterocycles. The first-order valence-electron chi connectivity index (χ1n) is 4.96. The van der Waals surface area contributed by atoms with Gasteiger partial charge in [-0.05, 0) is 5.92 Å². The number of hydrogen-bond donors (Lipinski definition) is 1. The molecular formula is C9H16N4OS2. The quantitative estimate of drug-likeness (QED) is 0.665. The third-order valence-electron chi connectivity index (χ3n) is 1.74. The zero-order valence-corrected chi connectivity index (χ0v) is 11.5. The zero-order chi connectivity index (χ0) is 12.1. The Morgan fingerprint density at radius 1 is 1.56 bits per heavy atom. The molecule has 0 aliphatic rings. The lowest BCUT2D eigenvalue weighted by molar-refractivity contribution is 0.249. The largest absolute Gasteiger partial charge is 0.341 e. The van der Waals surface area contributed by atoms with E-state index in [9.17, 15) is 4.79 Å². The predicted molar refractivity (Wildman–Crippen MR) is 68.3 cm³/mol. The van der Waals surface area contributed by atoms with Crippen molar-refractivity contribution in [3.05, 3.63) is 0 Å². The SMILES string of the molecule is CNC(=O)N(C)c1nnc(SCC(C)C)s1. The van der Waals surface area contributed by atoms with Gasteiger partial charge < -0.3 is 5.32 Å². The van der Waals surface area contributed by atoms with Crippen molar-refractivity contribution in [1.82, 2.24) is 15.5 Å². The molecule has 1 aromatic heterocycles. The van der Waals surface area contributed by atoms with Crippen molar-refractivity contribution >= 4 is 34.3 Å². The molecule has 1 N–H and O–H groups in total. The predicted octanol–water partition coefficient (Wildman–Crippen LogP) is 2.06. The standard InChI is InChI=1S/C9H16N4OS2/c1-6(2)5-15-9-12-11-8(16-9)13(4)7(14)10-3/h6H,5H2,1-4H3,(H,10,14). The summed E-state index contributed by atoms with van der Waals surface area (Å²) in [7, 11) is 3.27. The second-order valence-electron chi connectivity index (χ2n) is 3.67. The number of anilines is 1. The third kappa shape index (κ3) is 3.64. The van der Waals surface area contributed by atoms with E-state index in [4.69, 9.17) is 0 Å². The molecular weight excluding hydrogens is 244 g/mol. The van der Waals surface area contributed by atoms with Crippen LogP contribution in [0, 0.1) is 5.92 Å². The molecule has 0 bridgehead atoms. The van der Waals surface area contributed by atoms with Crippen molar-refractivity contribution in [3.63, 3.8) is 0 Å². The molecule has 2 amide bonds. The van der Waals surface area contributed by atoms with Gasteiger partial charge in [-0.3, -0.25) is 4.90 Å². The fourth-order valence-electron chi connectivity index (χ4n) is 0.889. The van der Waals surface area contributed by atoms with Crippen molar-refractivity contribution in [2.45, 2.75) is 18.2 Å². The van der Waals surface area contributed by atoms with Gasteiger partial charge in [0.2, 0.25) is 5.13 Å². The van der Waals surface area contributed by atoms with Gasteiger partial charge in [-0.25, -0.2) is 4.79 Å². The van der Waals surface area contributed by atoms with Crippen molar-refractivity contribution in [3.8, 4) is 0 Å². The minimum absolute atomic E-state index is 0.184. The van der Waals surface area contributed by atoms with Gasteiger partial charge in [0.05, 0.1) is 0 Å². The van der Waals surface area contributed by atoms with Crippen LogP contribution in [0.1, 0.15) is 13.8 Å². The number of aromatic nitrogens is 2. The number of urea groups is 1. The number of rotatable bonds is 4. The Hall–Kier alpha value is -0.820. The van der Waals surface area contributed by atoms with Gasteiger partial charge in [-0.15, -0.1) is 10.2 Å². The average Bonchev–Trinajstić information content (AvgIpc) is 2.72. The van der Waals surface area contributed by atoms with E-state index in [1.807, 2.05) is 0 Å². The van der Waals surface area contributed by atoms with Crippen LogP contribution in [0.5, 0.6) is 0 Å². The first-order chi connectivity index (χ1) is 7.54. The zero-order valence-electron chi connectivity index (χ0n) is 9.85. The Balaban J connectivity index is 2.60. The van der Waals surface area contributed by atoms with Crippen molar-refractivity contribution in [2.75, 3.05) is 24.7 Å². The smallest absolute Gasteiger partial charge is 0.323 e. The van der Waals surface area contributed by atoms with E-state index >= 15 is 0 Å². The number of carbonyl (C=O) groups is 1. The number of amides is 2. The highest BCUT2D eigenvalue weighted by Crippen LogP contribution is 2.28. The maximum absolute atomic E-state index is 11.3. The first kappa shape index (κ1) is 13.2. The molecule has 0 radical (unpaired) electrons. The Bertz CT molecular complexity index is 353. The Kier molecular flexibility index (Phi) is 5.01. The molecule has 7 heteroatoms. The number of carbonyl (C=O) groups excluding carboxylic acids is 1. The molecule has 0 aliphatic carbocycles. The lowest BCUT2D eigenvalue weighted by Gasteiger charge is -2.11. The lowest BCUT2D eigenvalue weighted by Crippen LogP contribution is -2.34. The summed E-state index contributed by atoms with van der Waals surface area (Å²) < 4.78 is 0.902. The van der Waals surface area contributed by atoms with Crippen molar-refractivity contribution in [2.24, 2.45) is 5.92 Å². The highest BCUT2D eigenvalue weighted by Gasteiger charge is 2.14. The molecule has 1 rings (SSSR count). The summed E-state index contributed by atoms with van der Waals surface area (Å²) >= 11 is 3.11. The minimum atomic E-state index is -0.184. The number of hydrogen-bond acceptors (Lipinski definition) is 5. The summed E-state index contributed by atoms with van der Waals surface area (Å²) in [6, 6.07) is -0.184. The molecule has 0 saturated heterocycles. The van der Waals surface area contributed by atoms with Crippen LogP contribution in [0.15, 0.2) is 4.34 Å². The fourth-order valence-corrected chi connectivity index (χ4v) is 2.67. The van der Waals surface area contributed by atoms with Crippen LogP contribution in [0.25, 0.3) is 0 Å². The van der Waals surface area contributed by atoms with Crippen LogP contribution >= 0.6 is 23.1 Å². The molecule has 0 saturated carbocycles. The third-order valence-corrected chi connectivity index (χ3v) is 4.30. The van der Waals surface area contributed by atoms with Gasteiger partial charge in [-0.1, -0.05) is 36.9 Å². The molecule has 0 spiro atoms. The Morgan fingerprint density at radius 2 is 2.25 bits per heavy atom. The monoisotopic (exact) mass is 260 g/mol. The highest BCUT2D eigenvalue weighted by molar-refractivity contribution is 8.01. The van der Waals surface area contributed by atoms with Gasteiger partial charge in [0, 0.05) is 19.8 Å². The van der Waals surface area contributed by atoms with Crippen LogP contribution in [0.2, 0.25) is 0 Å². The van der Waals surface area contributed by atoms with E-state index in [0.717, 1.165) is 10.1 Å². The van der Waals surface area contributed by atoms with Crippen LogP contribution < -0.4 is 10.2 Å². The summed E-state index contributed by atoms with van der Waals surface area (Å²) in [5.74, 6) is 1.63. The molecule has 0 aromatic carbocycles. The van der Waals surface area contributed by atoms with Gasteiger partial charge in [0.1, 0.15) is 0 Å². The van der Waals surface area contributed by atoms with Gasteiger partial charge in [-0.2, -0.15) is 0 Å². The number of nitrogens with one attached hydrogen (secondary N) is 1. The van der Waals surface area contributed by atoms with E-state index in [-0.39, 0.29) is 6.03 Å². The molecule has 1 aromatic rings. The lowest BCUT2D eigenvalue weighted by atomic mass is 10.3. The molecule has 0 fully saturated rings. The number of thioether (sulfide) groups is 1. The van der Waals surface area contributed by atoms with Gasteiger partial charge in [0.15, 0.2) is 4.34 Å². The molecule has 1 heterocycles. The summed E-state index contributed by atoms with van der Waals surface area (Å²) in [6.07, 6.45) is 0. The number of nitrogens with zero attached hydrogens (tertiary/aromatic N) is 3. The second-order valence-corrected chi connectivity index (χ2v) is 5.89. The average molecular weight is 260 g/mol. The van der Waals surface area contributed by atoms with Gasteiger partial charge >= 0.3 is 6.03 Å².